The van der Waals surface area contributed by atoms with Crippen LogP contribution in [0.2, 0.25) is 0 Å². The van der Waals surface area contributed by atoms with E-state index in [1.54, 1.807) is 4.90 Å². The second-order valence-electron chi connectivity index (χ2n) is 12.2. The fourth-order valence-corrected chi connectivity index (χ4v) is 7.40. The molecule has 2 bridgehead atoms. The number of hydrogen-bond acceptors (Lipinski definition) is 9. The molecule has 7 heterocycles. The Balaban J connectivity index is 1.28. The van der Waals surface area contributed by atoms with E-state index in [2.05, 4.69) is 26.2 Å². The first kappa shape index (κ1) is 25.0. The quantitative estimate of drug-likeness (QED) is 0.334. The Hall–Kier alpha value is -4.34. The smallest absolute Gasteiger partial charge is 0.319 e. The maximum absolute atomic E-state index is 14.8. The third-order valence-corrected chi connectivity index (χ3v) is 9.54. The molecule has 0 spiro atoms. The highest BCUT2D eigenvalue weighted by atomic mass is 19.1. The van der Waals surface area contributed by atoms with Crippen LogP contribution in [0.1, 0.15) is 40.4 Å². The molecule has 5 aliphatic heterocycles. The van der Waals surface area contributed by atoms with Gasteiger partial charge in [-0.25, -0.2) is 8.78 Å². The van der Waals surface area contributed by atoms with Gasteiger partial charge in [0, 0.05) is 52.3 Å². The lowest BCUT2D eigenvalue weighted by Gasteiger charge is -2.46. The maximum atomic E-state index is 14.8. The molecule has 10 nitrogen and oxygen atoms in total. The number of hydrogen-bond donors (Lipinski definition) is 2. The number of phenolic OH excluding ortho intramolecular Hbond substituents is 1. The number of halogens is 2. The summed E-state index contributed by atoms with van der Waals surface area (Å²) < 4.78 is 53.5. The topological polar surface area (TPSA) is 109 Å². The summed E-state index contributed by atoms with van der Waals surface area (Å²) in [6.45, 7) is -0.314. The zero-order valence-electron chi connectivity index (χ0n) is 25.8. The van der Waals surface area contributed by atoms with Gasteiger partial charge in [-0.3, -0.25) is 9.69 Å². The summed E-state index contributed by atoms with van der Waals surface area (Å²) in [6, 6.07) is 5.67. The van der Waals surface area contributed by atoms with Crippen molar-refractivity contribution in [2.24, 2.45) is 0 Å². The number of rotatable bonds is 5. The molecule has 2 unspecified atom stereocenters. The first-order valence-electron chi connectivity index (χ1n) is 15.8. The molecule has 4 atom stereocenters. The molecule has 44 heavy (non-hydrogen) atoms. The molecule has 2 N–H and O–H groups in total. The normalized spacial score (nSPS) is 28.2. The number of anilines is 1. The van der Waals surface area contributed by atoms with Crippen LogP contribution in [0.15, 0.2) is 35.3 Å². The summed E-state index contributed by atoms with van der Waals surface area (Å²) >= 11 is 0. The number of terminal acetylenes is 1. The average molecular weight is 602 g/mol. The standard InChI is InChI=1S/C32H31F2N7O3/c1-2-23-25(34)7-4-18-10-22(42)11-26(27(18)23)41-30(43)28-24(14-36-41)29(40-16-20-5-6-21(40)13-35-20)38-31(37-28)44-17-32-8-3-9-39(32)15-19(33)12-32/h1,4,7,10-11,14,19-21,35,42H,3,5-6,8-9,12-13,15-17H2/t19-,20?,21?,32+/m1/s1/i9D2. The van der Waals surface area contributed by atoms with Crippen LogP contribution in [-0.2, 0) is 0 Å². The van der Waals surface area contributed by atoms with Gasteiger partial charge < -0.3 is 20.1 Å². The average Bonchev–Trinajstić information content (AvgIpc) is 3.52. The van der Waals surface area contributed by atoms with Crippen molar-refractivity contribution >= 4 is 27.5 Å². The molecule has 0 aliphatic carbocycles. The molecular formula is C32H31F2N7O3. The number of aromatic hydroxyl groups is 1. The zero-order chi connectivity index (χ0) is 32.0. The van der Waals surface area contributed by atoms with Crippen molar-refractivity contribution in [1.82, 2.24) is 30.0 Å². The molecular weight excluding hydrogens is 568 g/mol. The van der Waals surface area contributed by atoms with Crippen molar-refractivity contribution in [1.29, 1.82) is 0 Å². The number of nitrogens with zero attached hydrogens (tertiary/aromatic N) is 6. The van der Waals surface area contributed by atoms with Gasteiger partial charge in [0.15, 0.2) is 0 Å². The van der Waals surface area contributed by atoms with Crippen LogP contribution in [-0.4, -0.2) is 86.3 Å². The van der Waals surface area contributed by atoms with Crippen molar-refractivity contribution in [2.75, 3.05) is 37.6 Å². The predicted molar refractivity (Wildman–Crippen MR) is 161 cm³/mol. The van der Waals surface area contributed by atoms with Gasteiger partial charge in [-0.2, -0.15) is 19.7 Å². The molecule has 0 saturated carbocycles. The summed E-state index contributed by atoms with van der Waals surface area (Å²) in [5.74, 6) is 2.01. The number of ether oxygens (including phenoxy) is 1. The van der Waals surface area contributed by atoms with E-state index in [1.165, 1.54) is 30.5 Å². The van der Waals surface area contributed by atoms with E-state index >= 15 is 0 Å². The Morgan fingerprint density at radius 1 is 1.27 bits per heavy atom. The predicted octanol–water partition coefficient (Wildman–Crippen LogP) is 3.05. The summed E-state index contributed by atoms with van der Waals surface area (Å²) in [5, 5.41) is 19.5. The van der Waals surface area contributed by atoms with Crippen LogP contribution in [0.3, 0.4) is 0 Å². The zero-order valence-corrected chi connectivity index (χ0v) is 23.8. The number of piperidine rings is 2. The summed E-state index contributed by atoms with van der Waals surface area (Å²) in [6.07, 6.45) is 8.72. The van der Waals surface area contributed by atoms with Gasteiger partial charge in [-0.1, -0.05) is 12.0 Å². The van der Waals surface area contributed by atoms with Crippen LogP contribution >= 0.6 is 0 Å². The second kappa shape index (κ2) is 10.1. The third-order valence-electron chi connectivity index (χ3n) is 9.54. The molecule has 2 aromatic heterocycles. The van der Waals surface area contributed by atoms with E-state index in [9.17, 15) is 18.7 Å². The van der Waals surface area contributed by atoms with E-state index in [1.807, 2.05) is 0 Å². The Morgan fingerprint density at radius 3 is 2.93 bits per heavy atom. The van der Waals surface area contributed by atoms with Gasteiger partial charge in [-0.05, 0) is 49.7 Å². The van der Waals surface area contributed by atoms with Crippen molar-refractivity contribution in [3.05, 3.63) is 52.2 Å². The van der Waals surface area contributed by atoms with Gasteiger partial charge in [0.2, 0.25) is 0 Å². The Labute approximate surface area is 254 Å². The summed E-state index contributed by atoms with van der Waals surface area (Å²) in [5.41, 5.74) is -1.52. The van der Waals surface area contributed by atoms with Crippen molar-refractivity contribution in [3.63, 3.8) is 0 Å². The third kappa shape index (κ3) is 4.21. The number of piperazine rings is 1. The molecule has 0 amide bonds. The van der Waals surface area contributed by atoms with E-state index in [-0.39, 0.29) is 72.0 Å². The minimum atomic E-state index is -1.65. The first-order valence-corrected chi connectivity index (χ1v) is 14.8. The van der Waals surface area contributed by atoms with Gasteiger partial charge in [-0.15, -0.1) is 6.42 Å². The summed E-state index contributed by atoms with van der Waals surface area (Å²) in [7, 11) is 0. The minimum Gasteiger partial charge on any atom is -0.508 e. The first-order chi connectivity index (χ1) is 22.1. The van der Waals surface area contributed by atoms with Gasteiger partial charge in [0.05, 0.1) is 28.4 Å². The largest absolute Gasteiger partial charge is 0.508 e. The molecule has 4 aromatic rings. The van der Waals surface area contributed by atoms with Crippen LogP contribution in [0, 0.1) is 18.2 Å². The van der Waals surface area contributed by atoms with Gasteiger partial charge in [0.25, 0.3) is 5.56 Å². The maximum Gasteiger partial charge on any atom is 0.319 e. The molecule has 12 heteroatoms. The Bertz CT molecular complexity index is 2010. The van der Waals surface area contributed by atoms with Crippen LogP contribution in [0.5, 0.6) is 11.8 Å². The number of alkyl halides is 1. The minimum absolute atomic E-state index is 0.00884. The Morgan fingerprint density at radius 2 is 2.16 bits per heavy atom. The van der Waals surface area contributed by atoms with Gasteiger partial charge in [0.1, 0.15) is 35.7 Å². The molecule has 9 rings (SSSR count). The van der Waals surface area contributed by atoms with Crippen molar-refractivity contribution in [3.8, 4) is 29.8 Å². The van der Waals surface area contributed by atoms with E-state index < -0.39 is 29.6 Å². The van der Waals surface area contributed by atoms with E-state index in [0.717, 1.165) is 24.1 Å². The highest BCUT2D eigenvalue weighted by Crippen LogP contribution is 2.41. The number of nitrogens with one attached hydrogen (secondary N) is 1. The van der Waals surface area contributed by atoms with Gasteiger partial charge >= 0.3 is 6.01 Å². The molecule has 226 valence electrons. The van der Waals surface area contributed by atoms with Crippen molar-refractivity contribution in [2.45, 2.75) is 55.9 Å². The highest BCUT2D eigenvalue weighted by molar-refractivity contribution is 5.97. The van der Waals surface area contributed by atoms with Crippen LogP contribution in [0.4, 0.5) is 14.6 Å². The molecule has 5 fully saturated rings. The molecule has 5 saturated heterocycles. The Kier molecular flexibility index (Phi) is 5.75. The number of aromatic nitrogens is 4. The lowest BCUT2D eigenvalue weighted by Crippen LogP contribution is -2.61. The molecule has 2 aromatic carbocycles. The van der Waals surface area contributed by atoms with E-state index in [4.69, 9.17) is 18.9 Å². The SMILES string of the molecule is [2H]C1([2H])CC[C@@]2(COc3nc(N4CC5CCC4CN5)c4cnn(-c5cc(O)cc6ccc(F)c(C#C)c56)c(=O)c4n3)C[C@@H](F)CN12. The van der Waals surface area contributed by atoms with Crippen molar-refractivity contribution < 1.29 is 21.4 Å². The lowest BCUT2D eigenvalue weighted by atomic mass is 9.93. The second-order valence-corrected chi connectivity index (χ2v) is 12.2. The number of phenols is 1. The fourth-order valence-electron chi connectivity index (χ4n) is 7.40. The fraction of sp³-hybridized carbons (Fsp3) is 0.438. The van der Waals surface area contributed by atoms with Crippen LogP contribution in [0.25, 0.3) is 27.4 Å². The summed E-state index contributed by atoms with van der Waals surface area (Å²) in [4.78, 5) is 27.3. The molecule has 0 radical (unpaired) electrons. The monoisotopic (exact) mass is 601 g/mol. The highest BCUT2D eigenvalue weighted by Gasteiger charge is 2.49. The van der Waals surface area contributed by atoms with Crippen LogP contribution < -0.4 is 20.5 Å². The molecule has 5 aliphatic rings. The number of fused-ring (bicyclic) bond motifs is 6. The lowest BCUT2D eigenvalue weighted by molar-refractivity contribution is 0.107. The van der Waals surface area contributed by atoms with E-state index in [0.29, 0.717) is 29.6 Å². The number of benzene rings is 2.